The van der Waals surface area contributed by atoms with E-state index in [-0.39, 0.29) is 0 Å². The summed E-state index contributed by atoms with van der Waals surface area (Å²) in [5.74, 6) is 0.337. The van der Waals surface area contributed by atoms with Crippen LogP contribution in [0, 0.1) is 0 Å². The highest BCUT2D eigenvalue weighted by Gasteiger charge is 2.02. The van der Waals surface area contributed by atoms with Crippen LogP contribution >= 0.6 is 12.6 Å². The van der Waals surface area contributed by atoms with E-state index in [0.717, 1.165) is 23.7 Å². The molecule has 2 aromatic rings. The average molecular weight is 223 g/mol. The fraction of sp³-hybridized carbons (Fsp3) is 0.333. The number of aromatic hydroxyl groups is 1. The number of nitrogens with one attached hydrogen (secondary N) is 1. The smallest absolute Gasteiger partial charge is 0.116 e. The molecule has 0 bridgehead atoms. The van der Waals surface area contributed by atoms with Crippen molar-refractivity contribution in [3.05, 3.63) is 30.0 Å². The predicted octanol–water partition coefficient (Wildman–Crippen LogP) is 3.37. The molecule has 0 radical (unpaired) electrons. The van der Waals surface area contributed by atoms with E-state index in [9.17, 15) is 5.11 Å². The predicted molar refractivity (Wildman–Crippen MR) is 68.9 cm³/mol. The topological polar surface area (TPSA) is 36.0 Å². The minimum absolute atomic E-state index is 0.337. The second-order valence-electron chi connectivity index (χ2n) is 3.29. The van der Waals surface area contributed by atoms with E-state index in [1.807, 2.05) is 18.3 Å². The third kappa shape index (κ3) is 2.69. The number of benzene rings is 1. The minimum Gasteiger partial charge on any atom is -0.508 e. The number of hydrogen-bond donors (Lipinski definition) is 3. The lowest BCUT2D eigenvalue weighted by molar-refractivity contribution is 0.476. The van der Waals surface area contributed by atoms with Gasteiger partial charge in [-0.25, -0.2) is 0 Å². The first kappa shape index (κ1) is 12.0. The second-order valence-corrected chi connectivity index (χ2v) is 3.29. The quantitative estimate of drug-likeness (QED) is 0.671. The van der Waals surface area contributed by atoms with Gasteiger partial charge in [-0.15, -0.1) is 0 Å². The summed E-state index contributed by atoms with van der Waals surface area (Å²) in [6.07, 6.45) is 5.90. The van der Waals surface area contributed by atoms with Gasteiger partial charge in [-0.1, -0.05) is 13.3 Å². The van der Waals surface area contributed by atoms with E-state index in [4.69, 9.17) is 0 Å². The molecule has 2 nitrogen and oxygen atoms in total. The van der Waals surface area contributed by atoms with Gasteiger partial charge in [-0.3, -0.25) is 0 Å². The van der Waals surface area contributed by atoms with Gasteiger partial charge in [0.15, 0.2) is 0 Å². The Bertz CT molecular complexity index is 422. The first-order valence-electron chi connectivity index (χ1n) is 5.05. The third-order valence-corrected chi connectivity index (χ3v) is 2.27. The molecule has 0 aliphatic carbocycles. The van der Waals surface area contributed by atoms with Gasteiger partial charge in [-0.2, -0.15) is 12.6 Å². The van der Waals surface area contributed by atoms with Crippen LogP contribution in [0.1, 0.15) is 18.9 Å². The molecule has 1 aromatic heterocycles. The Morgan fingerprint density at radius 1 is 1.33 bits per heavy atom. The van der Waals surface area contributed by atoms with Crippen LogP contribution in [0.25, 0.3) is 10.9 Å². The van der Waals surface area contributed by atoms with Gasteiger partial charge in [-0.05, 0) is 36.4 Å². The lowest BCUT2D eigenvalue weighted by Gasteiger charge is -1.96. The summed E-state index contributed by atoms with van der Waals surface area (Å²) < 4.78 is 0. The van der Waals surface area contributed by atoms with E-state index in [1.165, 1.54) is 5.56 Å². The first-order chi connectivity index (χ1) is 7.31. The van der Waals surface area contributed by atoms with Crippen molar-refractivity contribution in [3.63, 3.8) is 0 Å². The molecule has 1 aromatic carbocycles. The van der Waals surface area contributed by atoms with E-state index in [2.05, 4.69) is 24.5 Å². The highest BCUT2D eigenvalue weighted by Crippen LogP contribution is 2.23. The summed E-state index contributed by atoms with van der Waals surface area (Å²) in [6.45, 7) is 2.15. The molecular formula is C12H17NOS. The number of H-pyrrole nitrogens is 1. The third-order valence-electron chi connectivity index (χ3n) is 2.27. The summed E-state index contributed by atoms with van der Waals surface area (Å²) in [5, 5.41) is 10.5. The summed E-state index contributed by atoms with van der Waals surface area (Å²) in [6, 6.07) is 5.43. The maximum absolute atomic E-state index is 9.33. The number of phenols is 1. The van der Waals surface area contributed by atoms with Crippen LogP contribution in [0.4, 0.5) is 0 Å². The van der Waals surface area contributed by atoms with Crippen molar-refractivity contribution >= 4 is 23.5 Å². The van der Waals surface area contributed by atoms with Crippen LogP contribution in [0.2, 0.25) is 0 Å². The Labute approximate surface area is 95.7 Å². The summed E-state index contributed by atoms with van der Waals surface area (Å²) in [5.41, 5.74) is 2.38. The molecule has 0 atom stereocenters. The van der Waals surface area contributed by atoms with Crippen molar-refractivity contribution in [1.29, 1.82) is 0 Å². The molecule has 15 heavy (non-hydrogen) atoms. The number of hydrogen-bond acceptors (Lipinski definition) is 2. The van der Waals surface area contributed by atoms with E-state index in [1.54, 1.807) is 12.3 Å². The molecule has 2 N–H and O–H groups in total. The number of rotatable bonds is 2. The van der Waals surface area contributed by atoms with Gasteiger partial charge in [0.25, 0.3) is 0 Å². The van der Waals surface area contributed by atoms with Gasteiger partial charge in [0.2, 0.25) is 0 Å². The highest BCUT2D eigenvalue weighted by atomic mass is 32.1. The Kier molecular flexibility index (Phi) is 4.56. The molecule has 3 heteroatoms. The van der Waals surface area contributed by atoms with Crippen LogP contribution in [0.3, 0.4) is 0 Å². The van der Waals surface area contributed by atoms with Gasteiger partial charge in [0.05, 0.1) is 0 Å². The summed E-state index contributed by atoms with van der Waals surface area (Å²) in [7, 11) is 0. The monoisotopic (exact) mass is 223 g/mol. The molecule has 0 saturated heterocycles. The molecule has 0 fully saturated rings. The second kappa shape index (κ2) is 5.71. The SMILES string of the molecule is CCCc1c[nH]c2ccc(O)cc12.CS. The normalized spacial score (nSPS) is 9.80. The number of thiol groups is 1. The van der Waals surface area contributed by atoms with Gasteiger partial charge < -0.3 is 10.1 Å². The zero-order chi connectivity index (χ0) is 11.3. The van der Waals surface area contributed by atoms with Crippen LogP contribution < -0.4 is 0 Å². The fourth-order valence-electron chi connectivity index (χ4n) is 1.64. The number of phenolic OH excluding ortho intramolecular Hbond substituents is 1. The molecule has 0 unspecified atom stereocenters. The summed E-state index contributed by atoms with van der Waals surface area (Å²) in [4.78, 5) is 3.19. The molecule has 82 valence electrons. The van der Waals surface area contributed by atoms with Crippen molar-refractivity contribution < 1.29 is 5.11 Å². The van der Waals surface area contributed by atoms with Crippen molar-refractivity contribution in [3.8, 4) is 5.75 Å². The van der Waals surface area contributed by atoms with Gasteiger partial charge in [0, 0.05) is 17.1 Å². The van der Waals surface area contributed by atoms with E-state index < -0.39 is 0 Å². The molecule has 0 saturated carbocycles. The Morgan fingerprint density at radius 3 is 2.73 bits per heavy atom. The molecule has 0 aliphatic heterocycles. The molecule has 1 heterocycles. The molecular weight excluding hydrogens is 206 g/mol. The molecule has 0 spiro atoms. The largest absolute Gasteiger partial charge is 0.508 e. The maximum Gasteiger partial charge on any atom is 0.116 e. The van der Waals surface area contributed by atoms with Crippen molar-refractivity contribution in [2.24, 2.45) is 0 Å². The van der Waals surface area contributed by atoms with Crippen molar-refractivity contribution in [1.82, 2.24) is 4.98 Å². The Morgan fingerprint density at radius 2 is 2.07 bits per heavy atom. The fourth-order valence-corrected chi connectivity index (χ4v) is 1.64. The zero-order valence-corrected chi connectivity index (χ0v) is 10.0. The maximum atomic E-state index is 9.33. The van der Waals surface area contributed by atoms with Gasteiger partial charge in [0.1, 0.15) is 5.75 Å². The van der Waals surface area contributed by atoms with E-state index >= 15 is 0 Å². The van der Waals surface area contributed by atoms with Crippen LogP contribution in [0.5, 0.6) is 5.75 Å². The molecule has 0 amide bonds. The average Bonchev–Trinajstić information content (AvgIpc) is 2.65. The summed E-state index contributed by atoms with van der Waals surface area (Å²) >= 11 is 3.53. The lowest BCUT2D eigenvalue weighted by Crippen LogP contribution is -1.78. The number of aromatic amines is 1. The Balaban J connectivity index is 0.000000531. The number of aryl methyl sites for hydroxylation is 1. The van der Waals surface area contributed by atoms with Crippen molar-refractivity contribution in [2.45, 2.75) is 19.8 Å². The highest BCUT2D eigenvalue weighted by molar-refractivity contribution is 7.79. The van der Waals surface area contributed by atoms with Crippen LogP contribution in [0.15, 0.2) is 24.4 Å². The van der Waals surface area contributed by atoms with Crippen LogP contribution in [-0.2, 0) is 6.42 Å². The molecule has 2 rings (SSSR count). The molecule has 0 aliphatic rings. The van der Waals surface area contributed by atoms with Crippen molar-refractivity contribution in [2.75, 3.05) is 6.26 Å². The van der Waals surface area contributed by atoms with Crippen LogP contribution in [-0.4, -0.2) is 16.3 Å². The van der Waals surface area contributed by atoms with E-state index in [0.29, 0.717) is 5.75 Å². The van der Waals surface area contributed by atoms with Gasteiger partial charge >= 0.3 is 0 Å². The Hall–Kier alpha value is -1.09. The minimum atomic E-state index is 0.337. The first-order valence-corrected chi connectivity index (χ1v) is 5.94. The number of aromatic nitrogens is 1. The number of fused-ring (bicyclic) bond motifs is 1. The standard InChI is InChI=1S/C11H13NO.CH4S/c1-2-3-8-7-12-11-5-4-9(13)6-10(8)11;1-2/h4-7,12-13H,2-3H2,1H3;2H,1H3. The lowest BCUT2D eigenvalue weighted by atomic mass is 10.1. The zero-order valence-electron chi connectivity index (χ0n) is 9.12.